The van der Waals surface area contributed by atoms with E-state index in [4.69, 9.17) is 5.73 Å². The van der Waals surface area contributed by atoms with Crippen LogP contribution >= 0.6 is 0 Å². The molecular weight excluding hydrogens is 222 g/mol. The lowest BCUT2D eigenvalue weighted by atomic mass is 10.1. The van der Waals surface area contributed by atoms with Gasteiger partial charge in [-0.25, -0.2) is 8.78 Å². The topological polar surface area (TPSA) is 38.0 Å². The van der Waals surface area contributed by atoms with E-state index in [1.54, 1.807) is 12.1 Å². The molecule has 1 aliphatic carbocycles. The molecule has 94 valence electrons. The third kappa shape index (κ3) is 2.68. The first-order valence-electron chi connectivity index (χ1n) is 5.81. The van der Waals surface area contributed by atoms with Gasteiger partial charge in [0.1, 0.15) is 0 Å². The molecule has 1 unspecified atom stereocenters. The molecule has 2 rings (SSSR count). The molecule has 1 atom stereocenters. The molecule has 0 spiro atoms. The van der Waals surface area contributed by atoms with Crippen molar-refractivity contribution in [2.45, 2.75) is 26.7 Å². The Morgan fingerprint density at radius 3 is 2.65 bits per heavy atom. The summed E-state index contributed by atoms with van der Waals surface area (Å²) in [4.78, 5) is 0. The molecule has 1 aliphatic rings. The van der Waals surface area contributed by atoms with Crippen molar-refractivity contribution in [1.82, 2.24) is 0 Å². The number of rotatable bonds is 4. The molecule has 0 bridgehead atoms. The van der Waals surface area contributed by atoms with Crippen LogP contribution in [0.1, 0.15) is 32.3 Å². The minimum absolute atomic E-state index is 0.0107. The van der Waals surface area contributed by atoms with Gasteiger partial charge in [0.15, 0.2) is 0 Å². The summed E-state index contributed by atoms with van der Waals surface area (Å²) < 4.78 is 25.6. The third-order valence-corrected chi connectivity index (χ3v) is 3.57. The summed E-state index contributed by atoms with van der Waals surface area (Å²) in [6.07, 6.45) is -1.34. The number of hydrogen-bond donors (Lipinski definition) is 2. The van der Waals surface area contributed by atoms with E-state index in [0.717, 1.165) is 13.0 Å². The molecule has 1 aromatic carbocycles. The van der Waals surface area contributed by atoms with Crippen molar-refractivity contribution in [2.75, 3.05) is 17.6 Å². The average Bonchev–Trinajstić information content (AvgIpc) is 2.84. The van der Waals surface area contributed by atoms with Gasteiger partial charge in [0.25, 0.3) is 6.43 Å². The molecule has 2 nitrogen and oxygen atoms in total. The summed E-state index contributed by atoms with van der Waals surface area (Å²) in [5.41, 5.74) is 6.73. The van der Waals surface area contributed by atoms with E-state index >= 15 is 0 Å². The van der Waals surface area contributed by atoms with E-state index in [1.165, 1.54) is 6.07 Å². The van der Waals surface area contributed by atoms with Crippen molar-refractivity contribution in [1.29, 1.82) is 0 Å². The molecule has 17 heavy (non-hydrogen) atoms. The number of alkyl halides is 2. The second-order valence-electron chi connectivity index (χ2n) is 5.42. The molecule has 0 amide bonds. The molecule has 0 aromatic heterocycles. The third-order valence-electron chi connectivity index (χ3n) is 3.57. The van der Waals surface area contributed by atoms with Gasteiger partial charge in [-0.3, -0.25) is 0 Å². The minimum Gasteiger partial charge on any atom is -0.399 e. The lowest BCUT2D eigenvalue weighted by molar-refractivity contribution is 0.152. The Morgan fingerprint density at radius 1 is 1.47 bits per heavy atom. The summed E-state index contributed by atoms with van der Waals surface area (Å²) in [6.45, 7) is 5.13. The molecule has 1 aromatic rings. The lowest BCUT2D eigenvalue weighted by Crippen LogP contribution is -2.09. The number of hydrogen-bond acceptors (Lipinski definition) is 2. The van der Waals surface area contributed by atoms with E-state index in [9.17, 15) is 8.78 Å². The Morgan fingerprint density at radius 2 is 2.12 bits per heavy atom. The molecular formula is C13H18F2N2. The monoisotopic (exact) mass is 240 g/mol. The van der Waals surface area contributed by atoms with Gasteiger partial charge in [-0.15, -0.1) is 0 Å². The normalized spacial score (nSPS) is 21.6. The fourth-order valence-corrected chi connectivity index (χ4v) is 2.08. The van der Waals surface area contributed by atoms with Gasteiger partial charge in [0.2, 0.25) is 0 Å². The van der Waals surface area contributed by atoms with Gasteiger partial charge in [-0.2, -0.15) is 0 Å². The molecule has 3 N–H and O–H groups in total. The van der Waals surface area contributed by atoms with E-state index in [0.29, 0.717) is 22.7 Å². The zero-order valence-corrected chi connectivity index (χ0v) is 10.1. The van der Waals surface area contributed by atoms with Gasteiger partial charge in [0.05, 0.1) is 0 Å². The largest absolute Gasteiger partial charge is 0.399 e. The van der Waals surface area contributed by atoms with E-state index < -0.39 is 6.43 Å². The van der Waals surface area contributed by atoms with Crippen LogP contribution < -0.4 is 11.1 Å². The fourth-order valence-electron chi connectivity index (χ4n) is 2.08. The van der Waals surface area contributed by atoms with E-state index in [-0.39, 0.29) is 5.56 Å². The maximum absolute atomic E-state index is 12.8. The van der Waals surface area contributed by atoms with Gasteiger partial charge < -0.3 is 11.1 Å². The summed E-state index contributed by atoms with van der Waals surface area (Å²) in [5.74, 6) is 0.575. The second-order valence-corrected chi connectivity index (χ2v) is 5.42. The summed E-state index contributed by atoms with van der Waals surface area (Å²) in [6, 6.07) is 4.61. The van der Waals surface area contributed by atoms with Crippen LogP contribution in [0.2, 0.25) is 0 Å². The molecule has 0 heterocycles. The smallest absolute Gasteiger partial charge is 0.265 e. The SMILES string of the molecule is CC1(C)CC1CNc1ccc(N)cc1C(F)F. The molecule has 4 heteroatoms. The Kier molecular flexibility index (Phi) is 2.98. The van der Waals surface area contributed by atoms with Crippen LogP contribution in [0.25, 0.3) is 0 Å². The molecule has 0 saturated heterocycles. The number of nitrogens with one attached hydrogen (secondary N) is 1. The van der Waals surface area contributed by atoms with Crippen molar-refractivity contribution in [2.24, 2.45) is 11.3 Å². The summed E-state index contributed by atoms with van der Waals surface area (Å²) >= 11 is 0. The molecule has 1 fully saturated rings. The number of anilines is 2. The predicted octanol–water partition coefficient (Wildman–Crippen LogP) is 3.66. The molecule has 0 radical (unpaired) electrons. The van der Waals surface area contributed by atoms with Crippen molar-refractivity contribution in [3.05, 3.63) is 23.8 Å². The molecule has 0 aliphatic heterocycles. The van der Waals surface area contributed by atoms with Crippen LogP contribution in [-0.2, 0) is 0 Å². The van der Waals surface area contributed by atoms with Crippen LogP contribution in [-0.4, -0.2) is 6.54 Å². The van der Waals surface area contributed by atoms with Crippen LogP contribution in [0.15, 0.2) is 18.2 Å². The Balaban J connectivity index is 2.05. The first-order chi connectivity index (χ1) is 7.90. The summed E-state index contributed by atoms with van der Waals surface area (Å²) in [7, 11) is 0. The first kappa shape index (κ1) is 12.1. The van der Waals surface area contributed by atoms with Crippen molar-refractivity contribution >= 4 is 11.4 Å². The maximum atomic E-state index is 12.8. The first-order valence-corrected chi connectivity index (χ1v) is 5.81. The zero-order chi connectivity index (χ0) is 12.6. The average molecular weight is 240 g/mol. The van der Waals surface area contributed by atoms with Crippen molar-refractivity contribution < 1.29 is 8.78 Å². The van der Waals surface area contributed by atoms with E-state index in [2.05, 4.69) is 19.2 Å². The highest BCUT2D eigenvalue weighted by Crippen LogP contribution is 2.51. The quantitative estimate of drug-likeness (QED) is 0.788. The number of nitrogens with two attached hydrogens (primary N) is 1. The number of halogens is 2. The number of benzene rings is 1. The highest BCUT2D eigenvalue weighted by molar-refractivity contribution is 5.58. The van der Waals surface area contributed by atoms with Crippen LogP contribution in [0.3, 0.4) is 0 Å². The van der Waals surface area contributed by atoms with Gasteiger partial charge in [-0.1, -0.05) is 13.8 Å². The van der Waals surface area contributed by atoms with Crippen LogP contribution in [0.5, 0.6) is 0 Å². The Bertz CT molecular complexity index is 416. The standard InChI is InChI=1S/C13H18F2N2/c1-13(2)6-8(13)7-17-11-4-3-9(16)5-10(11)12(14)15/h3-5,8,12,17H,6-7,16H2,1-2H3. The maximum Gasteiger partial charge on any atom is 0.265 e. The van der Waals surface area contributed by atoms with Gasteiger partial charge >= 0.3 is 0 Å². The van der Waals surface area contributed by atoms with Crippen LogP contribution in [0.4, 0.5) is 20.2 Å². The summed E-state index contributed by atoms with van der Waals surface area (Å²) in [5, 5.41) is 3.10. The number of nitrogen functional groups attached to an aromatic ring is 1. The highest BCUT2D eigenvalue weighted by atomic mass is 19.3. The van der Waals surface area contributed by atoms with Crippen molar-refractivity contribution in [3.63, 3.8) is 0 Å². The fraction of sp³-hybridized carbons (Fsp3) is 0.538. The predicted molar refractivity (Wildman–Crippen MR) is 66.2 cm³/mol. The second kappa shape index (κ2) is 4.17. The van der Waals surface area contributed by atoms with Crippen molar-refractivity contribution in [3.8, 4) is 0 Å². The van der Waals surface area contributed by atoms with Gasteiger partial charge in [-0.05, 0) is 36.0 Å². The Labute approximate surface area is 100 Å². The Hall–Kier alpha value is -1.32. The minimum atomic E-state index is -2.49. The van der Waals surface area contributed by atoms with Crippen LogP contribution in [0, 0.1) is 11.3 Å². The molecule has 1 saturated carbocycles. The van der Waals surface area contributed by atoms with Gasteiger partial charge in [0, 0.05) is 23.5 Å². The lowest BCUT2D eigenvalue weighted by Gasteiger charge is -2.13. The zero-order valence-electron chi connectivity index (χ0n) is 10.1. The highest BCUT2D eigenvalue weighted by Gasteiger charge is 2.45. The van der Waals surface area contributed by atoms with E-state index in [1.807, 2.05) is 0 Å².